The number of amides is 3. The monoisotopic (exact) mass is 379 g/mol. The minimum absolute atomic E-state index is 0.146. The highest BCUT2D eigenvalue weighted by atomic mass is 19.1. The third-order valence-electron chi connectivity index (χ3n) is 4.41. The Morgan fingerprint density at radius 3 is 2.71 bits per heavy atom. The van der Waals surface area contributed by atoms with Crippen molar-refractivity contribution in [1.82, 2.24) is 15.1 Å². The topological polar surface area (TPSA) is 79.3 Å². The maximum Gasteiger partial charge on any atom is 0.321 e. The molecule has 2 heterocycles. The highest BCUT2D eigenvalue weighted by Crippen LogP contribution is 2.21. The van der Waals surface area contributed by atoms with Crippen LogP contribution in [0.15, 0.2) is 60.8 Å². The van der Waals surface area contributed by atoms with Crippen molar-refractivity contribution in [1.29, 1.82) is 0 Å². The van der Waals surface area contributed by atoms with E-state index in [0.717, 1.165) is 6.42 Å². The van der Waals surface area contributed by atoms with Crippen LogP contribution in [0.25, 0.3) is 5.69 Å². The molecule has 1 saturated heterocycles. The molecule has 3 aromatic rings. The molecule has 3 amide bonds. The van der Waals surface area contributed by atoms with Crippen LogP contribution in [0.4, 0.5) is 20.6 Å². The molecule has 28 heavy (non-hydrogen) atoms. The Kier molecular flexibility index (Phi) is 4.76. The first-order valence-corrected chi connectivity index (χ1v) is 8.88. The third-order valence-corrected chi connectivity index (χ3v) is 4.41. The molecule has 1 fully saturated rings. The number of hydrogen-bond donors (Lipinski definition) is 2. The summed E-state index contributed by atoms with van der Waals surface area (Å²) in [5, 5.41) is 9.83. The lowest BCUT2D eigenvalue weighted by Crippen LogP contribution is -2.46. The van der Waals surface area contributed by atoms with Crippen LogP contribution in [0.3, 0.4) is 0 Å². The summed E-state index contributed by atoms with van der Waals surface area (Å²) in [5.41, 5.74) is 2.16. The minimum atomic E-state index is -0.374. The Morgan fingerprint density at radius 2 is 1.93 bits per heavy atom. The molecular formula is C20H18FN5O2. The summed E-state index contributed by atoms with van der Waals surface area (Å²) in [4.78, 5) is 26.2. The van der Waals surface area contributed by atoms with Crippen LogP contribution in [0, 0.1) is 5.82 Å². The summed E-state index contributed by atoms with van der Waals surface area (Å²) >= 11 is 0. The van der Waals surface area contributed by atoms with Gasteiger partial charge in [-0.05, 0) is 55.0 Å². The Labute approximate surface area is 160 Å². The Hall–Kier alpha value is -3.68. The number of carbonyl (C=O) groups is 2. The number of halogens is 1. The lowest BCUT2D eigenvalue weighted by molar-refractivity contribution is 0.102. The van der Waals surface area contributed by atoms with Crippen LogP contribution in [0.1, 0.15) is 16.9 Å². The van der Waals surface area contributed by atoms with E-state index in [9.17, 15) is 14.0 Å². The van der Waals surface area contributed by atoms with E-state index in [-0.39, 0.29) is 23.4 Å². The van der Waals surface area contributed by atoms with Crippen LogP contribution in [-0.2, 0) is 0 Å². The zero-order valence-corrected chi connectivity index (χ0v) is 14.9. The van der Waals surface area contributed by atoms with E-state index in [0.29, 0.717) is 30.2 Å². The summed E-state index contributed by atoms with van der Waals surface area (Å²) in [5.74, 6) is -0.711. The van der Waals surface area contributed by atoms with Crippen molar-refractivity contribution in [3.05, 3.63) is 72.3 Å². The molecule has 142 valence electrons. The molecule has 2 N–H and O–H groups in total. The average Bonchev–Trinajstić information content (AvgIpc) is 3.19. The molecule has 7 nitrogen and oxygen atoms in total. The van der Waals surface area contributed by atoms with Crippen molar-refractivity contribution in [2.24, 2.45) is 0 Å². The molecule has 4 rings (SSSR count). The van der Waals surface area contributed by atoms with Gasteiger partial charge in [-0.1, -0.05) is 6.07 Å². The molecule has 1 aliphatic heterocycles. The van der Waals surface area contributed by atoms with Crippen molar-refractivity contribution < 1.29 is 14.0 Å². The lowest BCUT2D eigenvalue weighted by Gasteiger charge is -2.27. The summed E-state index contributed by atoms with van der Waals surface area (Å²) in [6, 6.07) is 14.4. The summed E-state index contributed by atoms with van der Waals surface area (Å²) in [6.07, 6.45) is 2.50. The van der Waals surface area contributed by atoms with Crippen molar-refractivity contribution in [2.45, 2.75) is 6.42 Å². The largest absolute Gasteiger partial charge is 0.338 e. The van der Waals surface area contributed by atoms with Crippen LogP contribution in [-0.4, -0.2) is 34.8 Å². The van der Waals surface area contributed by atoms with Gasteiger partial charge < -0.3 is 10.6 Å². The van der Waals surface area contributed by atoms with Gasteiger partial charge in [-0.2, -0.15) is 5.10 Å². The first-order valence-electron chi connectivity index (χ1n) is 8.88. The number of rotatable bonds is 4. The standard InChI is InChI=1S/C20H18FN5O2/c21-14-5-7-16(8-6-14)26-12-9-18(24-26)19(27)23-15-3-1-4-17(13-15)25-11-2-10-22-20(25)28/h1,3-9,12-13H,2,10-11H2,(H,22,28)(H,23,27). The van der Waals surface area contributed by atoms with Gasteiger partial charge in [0.25, 0.3) is 5.91 Å². The molecular weight excluding hydrogens is 361 g/mol. The first kappa shape index (κ1) is 17.7. The Bertz CT molecular complexity index is 1020. The Balaban J connectivity index is 1.49. The number of nitrogens with zero attached hydrogens (tertiary/aromatic N) is 3. The van der Waals surface area contributed by atoms with Gasteiger partial charge in [0.05, 0.1) is 5.69 Å². The molecule has 0 radical (unpaired) electrons. The van der Waals surface area contributed by atoms with Gasteiger partial charge in [0.2, 0.25) is 0 Å². The van der Waals surface area contributed by atoms with E-state index in [2.05, 4.69) is 15.7 Å². The van der Waals surface area contributed by atoms with Crippen molar-refractivity contribution in [3.8, 4) is 5.69 Å². The number of urea groups is 1. The molecule has 1 aromatic heterocycles. The number of nitrogens with one attached hydrogen (secondary N) is 2. The van der Waals surface area contributed by atoms with E-state index < -0.39 is 0 Å². The van der Waals surface area contributed by atoms with Crippen molar-refractivity contribution >= 4 is 23.3 Å². The molecule has 0 unspecified atom stereocenters. The zero-order chi connectivity index (χ0) is 19.5. The second-order valence-corrected chi connectivity index (χ2v) is 6.36. The maximum atomic E-state index is 13.0. The molecule has 2 aromatic carbocycles. The van der Waals surface area contributed by atoms with E-state index in [1.807, 2.05) is 6.07 Å². The van der Waals surface area contributed by atoms with Crippen LogP contribution in [0.5, 0.6) is 0 Å². The number of hydrogen-bond acceptors (Lipinski definition) is 3. The van der Waals surface area contributed by atoms with Gasteiger partial charge >= 0.3 is 6.03 Å². The average molecular weight is 379 g/mol. The molecule has 0 saturated carbocycles. The summed E-state index contributed by atoms with van der Waals surface area (Å²) in [6.45, 7) is 1.30. The molecule has 8 heteroatoms. The van der Waals surface area contributed by atoms with Crippen molar-refractivity contribution in [3.63, 3.8) is 0 Å². The predicted molar refractivity (Wildman–Crippen MR) is 103 cm³/mol. The molecule has 0 atom stereocenters. The number of benzene rings is 2. The molecule has 1 aliphatic rings. The van der Waals surface area contributed by atoms with E-state index in [4.69, 9.17) is 0 Å². The highest BCUT2D eigenvalue weighted by Gasteiger charge is 2.19. The molecule has 0 spiro atoms. The fraction of sp³-hybridized carbons (Fsp3) is 0.150. The fourth-order valence-corrected chi connectivity index (χ4v) is 3.01. The van der Waals surface area contributed by atoms with Crippen LogP contribution < -0.4 is 15.5 Å². The summed E-state index contributed by atoms with van der Waals surface area (Å²) in [7, 11) is 0. The number of aromatic nitrogens is 2. The number of anilines is 2. The fourth-order valence-electron chi connectivity index (χ4n) is 3.01. The first-order chi connectivity index (χ1) is 13.6. The molecule has 0 aliphatic carbocycles. The maximum absolute atomic E-state index is 13.0. The van der Waals surface area contributed by atoms with Gasteiger partial charge in [-0.3, -0.25) is 9.69 Å². The lowest BCUT2D eigenvalue weighted by atomic mass is 10.2. The van der Waals surface area contributed by atoms with Gasteiger partial charge in [0.1, 0.15) is 5.82 Å². The van der Waals surface area contributed by atoms with E-state index >= 15 is 0 Å². The third kappa shape index (κ3) is 3.71. The second kappa shape index (κ2) is 7.51. The zero-order valence-electron chi connectivity index (χ0n) is 14.9. The van der Waals surface area contributed by atoms with Crippen LogP contribution in [0.2, 0.25) is 0 Å². The minimum Gasteiger partial charge on any atom is -0.338 e. The van der Waals surface area contributed by atoms with E-state index in [1.165, 1.54) is 16.8 Å². The van der Waals surface area contributed by atoms with Crippen molar-refractivity contribution in [2.75, 3.05) is 23.3 Å². The quantitative estimate of drug-likeness (QED) is 0.731. The van der Waals surface area contributed by atoms with Gasteiger partial charge in [0, 0.05) is 30.7 Å². The predicted octanol–water partition coefficient (Wildman–Crippen LogP) is 3.18. The smallest absolute Gasteiger partial charge is 0.321 e. The van der Waals surface area contributed by atoms with E-state index in [1.54, 1.807) is 47.5 Å². The van der Waals surface area contributed by atoms with Gasteiger partial charge in [-0.25, -0.2) is 13.9 Å². The number of carbonyl (C=O) groups excluding carboxylic acids is 2. The second-order valence-electron chi connectivity index (χ2n) is 6.36. The highest BCUT2D eigenvalue weighted by molar-refractivity contribution is 6.03. The van der Waals surface area contributed by atoms with Gasteiger partial charge in [-0.15, -0.1) is 0 Å². The normalized spacial score (nSPS) is 13.9. The summed E-state index contributed by atoms with van der Waals surface area (Å²) < 4.78 is 14.6. The van der Waals surface area contributed by atoms with Gasteiger partial charge in [0.15, 0.2) is 5.69 Å². The SMILES string of the molecule is O=C(Nc1cccc(N2CCCNC2=O)c1)c1ccn(-c2ccc(F)cc2)n1. The Morgan fingerprint density at radius 1 is 1.11 bits per heavy atom. The molecule has 0 bridgehead atoms. The van der Waals surface area contributed by atoms with Crippen LogP contribution >= 0.6 is 0 Å².